The standard InChI is InChI=1S/C22H23N3O2/c1-14-6-4-5-7-19(14)17-10-18-13-25(8-9-27-21(18)20(26)11-17)22-15(2)12-23-16(3)24-22/h4-7,10-12,26H,8-9,13H2,1-3H3. The highest BCUT2D eigenvalue weighted by Crippen LogP contribution is 2.39. The van der Waals surface area contributed by atoms with Crippen LogP contribution in [0.1, 0.15) is 22.5 Å². The van der Waals surface area contributed by atoms with Crippen molar-refractivity contribution in [3.8, 4) is 22.6 Å². The second-order valence-electron chi connectivity index (χ2n) is 6.99. The molecule has 4 rings (SSSR count). The van der Waals surface area contributed by atoms with Crippen LogP contribution in [0, 0.1) is 20.8 Å². The van der Waals surface area contributed by atoms with Crippen molar-refractivity contribution in [3.05, 3.63) is 65.1 Å². The number of phenolic OH excluding ortho intramolecular Hbond substituents is 1. The third-order valence-electron chi connectivity index (χ3n) is 4.94. The van der Waals surface area contributed by atoms with Crippen LogP contribution in [0.25, 0.3) is 11.1 Å². The zero-order valence-electron chi connectivity index (χ0n) is 15.9. The summed E-state index contributed by atoms with van der Waals surface area (Å²) in [4.78, 5) is 11.1. The van der Waals surface area contributed by atoms with Crippen LogP contribution in [-0.4, -0.2) is 28.2 Å². The first-order valence-electron chi connectivity index (χ1n) is 9.13. The van der Waals surface area contributed by atoms with E-state index in [4.69, 9.17) is 4.74 Å². The van der Waals surface area contributed by atoms with E-state index in [9.17, 15) is 5.11 Å². The second-order valence-corrected chi connectivity index (χ2v) is 6.99. The first kappa shape index (κ1) is 17.3. The molecule has 1 aliphatic rings. The van der Waals surface area contributed by atoms with Crippen LogP contribution in [0.15, 0.2) is 42.6 Å². The molecule has 5 heteroatoms. The minimum atomic E-state index is 0.184. The van der Waals surface area contributed by atoms with Crippen molar-refractivity contribution < 1.29 is 9.84 Å². The number of aromatic nitrogens is 2. The number of aromatic hydroxyl groups is 1. The molecule has 1 aromatic heterocycles. The summed E-state index contributed by atoms with van der Waals surface area (Å²) in [6.45, 7) is 7.81. The van der Waals surface area contributed by atoms with E-state index >= 15 is 0 Å². The van der Waals surface area contributed by atoms with Crippen molar-refractivity contribution in [1.29, 1.82) is 0 Å². The second kappa shape index (κ2) is 6.91. The summed E-state index contributed by atoms with van der Waals surface area (Å²) in [7, 11) is 0. The van der Waals surface area contributed by atoms with Gasteiger partial charge in [-0.05, 0) is 49.6 Å². The molecule has 0 saturated heterocycles. The largest absolute Gasteiger partial charge is 0.504 e. The van der Waals surface area contributed by atoms with Gasteiger partial charge in [-0.1, -0.05) is 24.3 Å². The predicted molar refractivity (Wildman–Crippen MR) is 106 cm³/mol. The predicted octanol–water partition coefficient (Wildman–Crippen LogP) is 4.17. The Morgan fingerprint density at radius 3 is 2.70 bits per heavy atom. The number of ether oxygens (including phenoxy) is 1. The van der Waals surface area contributed by atoms with Gasteiger partial charge in [-0.25, -0.2) is 9.97 Å². The summed E-state index contributed by atoms with van der Waals surface area (Å²) in [6, 6.07) is 12.1. The van der Waals surface area contributed by atoms with Crippen molar-refractivity contribution in [2.24, 2.45) is 0 Å². The molecule has 2 heterocycles. The van der Waals surface area contributed by atoms with Crippen molar-refractivity contribution >= 4 is 5.82 Å². The summed E-state index contributed by atoms with van der Waals surface area (Å²) >= 11 is 0. The van der Waals surface area contributed by atoms with Crippen LogP contribution in [0.3, 0.4) is 0 Å². The Bertz CT molecular complexity index is 1000. The fourth-order valence-corrected chi connectivity index (χ4v) is 3.57. The number of rotatable bonds is 2. The van der Waals surface area contributed by atoms with E-state index in [2.05, 4.69) is 40.0 Å². The van der Waals surface area contributed by atoms with Gasteiger partial charge in [0.1, 0.15) is 18.2 Å². The van der Waals surface area contributed by atoms with Gasteiger partial charge < -0.3 is 14.7 Å². The van der Waals surface area contributed by atoms with E-state index in [-0.39, 0.29) is 5.75 Å². The Labute approximate surface area is 159 Å². The number of phenols is 1. The highest BCUT2D eigenvalue weighted by atomic mass is 16.5. The number of aryl methyl sites for hydroxylation is 3. The number of anilines is 1. The van der Waals surface area contributed by atoms with E-state index in [0.717, 1.165) is 33.9 Å². The lowest BCUT2D eigenvalue weighted by Crippen LogP contribution is -2.27. The summed E-state index contributed by atoms with van der Waals surface area (Å²) < 4.78 is 5.89. The molecule has 3 aromatic rings. The average molecular weight is 361 g/mol. The van der Waals surface area contributed by atoms with Crippen LogP contribution in [0.2, 0.25) is 0 Å². The number of benzene rings is 2. The molecule has 0 atom stereocenters. The van der Waals surface area contributed by atoms with E-state index in [1.54, 1.807) is 6.07 Å². The molecule has 0 unspecified atom stereocenters. The Morgan fingerprint density at radius 1 is 1.07 bits per heavy atom. The molecule has 0 amide bonds. The first-order chi connectivity index (χ1) is 13.0. The summed E-state index contributed by atoms with van der Waals surface area (Å²) in [6.07, 6.45) is 1.85. The van der Waals surface area contributed by atoms with Gasteiger partial charge >= 0.3 is 0 Å². The lowest BCUT2D eigenvalue weighted by molar-refractivity contribution is 0.311. The van der Waals surface area contributed by atoms with Gasteiger partial charge in [0.05, 0.1) is 6.54 Å². The molecule has 138 valence electrons. The summed E-state index contributed by atoms with van der Waals surface area (Å²) in [5.41, 5.74) is 5.26. The van der Waals surface area contributed by atoms with Crippen LogP contribution < -0.4 is 9.64 Å². The highest BCUT2D eigenvalue weighted by Gasteiger charge is 2.22. The maximum atomic E-state index is 10.6. The van der Waals surface area contributed by atoms with E-state index in [1.807, 2.05) is 32.2 Å². The van der Waals surface area contributed by atoms with Gasteiger partial charge in [0, 0.05) is 23.9 Å². The molecule has 0 bridgehead atoms. The van der Waals surface area contributed by atoms with Crippen molar-refractivity contribution in [3.63, 3.8) is 0 Å². The minimum absolute atomic E-state index is 0.184. The normalized spacial score (nSPS) is 13.7. The molecular weight excluding hydrogens is 338 g/mol. The Balaban J connectivity index is 1.77. The van der Waals surface area contributed by atoms with Crippen molar-refractivity contribution in [2.45, 2.75) is 27.3 Å². The molecule has 2 aromatic carbocycles. The molecule has 0 fully saturated rings. The van der Waals surface area contributed by atoms with E-state index in [0.29, 0.717) is 25.4 Å². The fourth-order valence-electron chi connectivity index (χ4n) is 3.57. The lowest BCUT2D eigenvalue weighted by atomic mass is 9.98. The van der Waals surface area contributed by atoms with E-state index < -0.39 is 0 Å². The zero-order valence-corrected chi connectivity index (χ0v) is 15.9. The van der Waals surface area contributed by atoms with Gasteiger partial charge in [0.15, 0.2) is 11.5 Å². The fraction of sp³-hybridized carbons (Fsp3) is 0.273. The van der Waals surface area contributed by atoms with Crippen LogP contribution in [0.4, 0.5) is 5.82 Å². The summed E-state index contributed by atoms with van der Waals surface area (Å²) in [5.74, 6) is 2.42. The average Bonchev–Trinajstić information content (AvgIpc) is 2.87. The van der Waals surface area contributed by atoms with Gasteiger partial charge in [-0.2, -0.15) is 0 Å². The minimum Gasteiger partial charge on any atom is -0.504 e. The third kappa shape index (κ3) is 3.33. The zero-order chi connectivity index (χ0) is 19.0. The van der Waals surface area contributed by atoms with Gasteiger partial charge in [-0.3, -0.25) is 0 Å². The van der Waals surface area contributed by atoms with Crippen molar-refractivity contribution in [1.82, 2.24) is 9.97 Å². The monoisotopic (exact) mass is 361 g/mol. The SMILES string of the molecule is Cc1ncc(C)c(N2CCOc3c(O)cc(-c4ccccc4C)cc3C2)n1. The molecular formula is C22H23N3O2. The summed E-state index contributed by atoms with van der Waals surface area (Å²) in [5, 5.41) is 10.6. The van der Waals surface area contributed by atoms with Crippen LogP contribution in [-0.2, 0) is 6.54 Å². The Hall–Kier alpha value is -3.08. The number of hydrogen-bond acceptors (Lipinski definition) is 5. The quantitative estimate of drug-likeness (QED) is 0.742. The van der Waals surface area contributed by atoms with Crippen LogP contribution >= 0.6 is 0 Å². The Morgan fingerprint density at radius 2 is 1.89 bits per heavy atom. The van der Waals surface area contributed by atoms with Crippen molar-refractivity contribution in [2.75, 3.05) is 18.1 Å². The highest BCUT2D eigenvalue weighted by molar-refractivity contribution is 5.72. The molecule has 5 nitrogen and oxygen atoms in total. The molecule has 1 N–H and O–H groups in total. The van der Waals surface area contributed by atoms with Gasteiger partial charge in [0.25, 0.3) is 0 Å². The van der Waals surface area contributed by atoms with Crippen LogP contribution in [0.5, 0.6) is 11.5 Å². The number of fused-ring (bicyclic) bond motifs is 1. The molecule has 0 spiro atoms. The molecule has 0 radical (unpaired) electrons. The number of nitrogens with zero attached hydrogens (tertiary/aromatic N) is 3. The van der Waals surface area contributed by atoms with Gasteiger partial charge in [-0.15, -0.1) is 0 Å². The topological polar surface area (TPSA) is 58.5 Å². The maximum absolute atomic E-state index is 10.6. The molecule has 1 aliphatic heterocycles. The molecule has 0 saturated carbocycles. The maximum Gasteiger partial charge on any atom is 0.166 e. The van der Waals surface area contributed by atoms with Gasteiger partial charge in [0.2, 0.25) is 0 Å². The molecule has 27 heavy (non-hydrogen) atoms. The number of hydrogen-bond donors (Lipinski definition) is 1. The third-order valence-corrected chi connectivity index (χ3v) is 4.94. The molecule has 0 aliphatic carbocycles. The first-order valence-corrected chi connectivity index (χ1v) is 9.13. The Kier molecular flexibility index (Phi) is 4.44. The van der Waals surface area contributed by atoms with E-state index in [1.165, 1.54) is 5.56 Å². The smallest absolute Gasteiger partial charge is 0.166 e. The lowest BCUT2D eigenvalue weighted by Gasteiger charge is -2.23.